The third-order valence-corrected chi connectivity index (χ3v) is 3.11. The number of nitrogens with one attached hydrogen (secondary N) is 2. The zero-order valence-corrected chi connectivity index (χ0v) is 11.0. The molecule has 1 aliphatic heterocycles. The largest absolute Gasteiger partial charge is 0.480 e. The topological polar surface area (TPSA) is 105 Å². The zero-order valence-electron chi connectivity index (χ0n) is 11.0. The first-order valence-electron chi connectivity index (χ1n) is 6.38. The van der Waals surface area contributed by atoms with E-state index < -0.39 is 18.0 Å². The van der Waals surface area contributed by atoms with Gasteiger partial charge in [0.05, 0.1) is 13.2 Å². The van der Waals surface area contributed by atoms with Crippen molar-refractivity contribution >= 4 is 17.8 Å². The molecule has 0 aromatic carbocycles. The monoisotopic (exact) mass is 272 g/mol. The van der Waals surface area contributed by atoms with Gasteiger partial charge in [-0.15, -0.1) is 0 Å². The lowest BCUT2D eigenvalue weighted by molar-refractivity contribution is -0.144. The number of rotatable bonds is 6. The Labute approximate surface area is 111 Å². The van der Waals surface area contributed by atoms with Crippen molar-refractivity contribution in [3.8, 4) is 0 Å². The van der Waals surface area contributed by atoms with Crippen LogP contribution >= 0.6 is 0 Å². The van der Waals surface area contributed by atoms with Crippen LogP contribution in [0.1, 0.15) is 32.1 Å². The van der Waals surface area contributed by atoms with Gasteiger partial charge in [-0.05, 0) is 25.8 Å². The predicted molar refractivity (Wildman–Crippen MR) is 66.5 cm³/mol. The second kappa shape index (κ2) is 7.73. The van der Waals surface area contributed by atoms with Gasteiger partial charge >= 0.3 is 11.9 Å². The number of carboxylic acid groups (broad SMARTS) is 1. The van der Waals surface area contributed by atoms with Gasteiger partial charge in [-0.1, -0.05) is 6.42 Å². The smallest absolute Gasteiger partial charge is 0.326 e. The van der Waals surface area contributed by atoms with Crippen LogP contribution in [0.3, 0.4) is 0 Å². The minimum absolute atomic E-state index is 0.0282. The first kappa shape index (κ1) is 15.4. The molecule has 1 saturated heterocycles. The molecule has 3 N–H and O–H groups in total. The lowest BCUT2D eigenvalue weighted by atomic mass is 10.0. The summed E-state index contributed by atoms with van der Waals surface area (Å²) in [6, 6.07) is -1.40. The van der Waals surface area contributed by atoms with E-state index in [1.54, 1.807) is 0 Å². The number of amides is 1. The maximum Gasteiger partial charge on any atom is 0.326 e. The minimum Gasteiger partial charge on any atom is -0.480 e. The van der Waals surface area contributed by atoms with Gasteiger partial charge in [-0.2, -0.15) is 0 Å². The van der Waals surface area contributed by atoms with Crippen LogP contribution in [0.25, 0.3) is 0 Å². The minimum atomic E-state index is -1.15. The number of piperidine rings is 1. The summed E-state index contributed by atoms with van der Waals surface area (Å²) < 4.78 is 4.44. The molecule has 1 rings (SSSR count). The summed E-state index contributed by atoms with van der Waals surface area (Å²) in [5, 5.41) is 14.5. The number of carboxylic acids is 1. The number of hydrogen-bond donors (Lipinski definition) is 3. The normalized spacial score (nSPS) is 20.4. The van der Waals surface area contributed by atoms with E-state index in [1.165, 1.54) is 7.11 Å². The molecule has 1 fully saturated rings. The van der Waals surface area contributed by atoms with E-state index >= 15 is 0 Å². The standard InChI is InChI=1S/C12H20N2O5/c1-19-10(15)6-5-9(12(17)18)14-11(16)8-4-2-3-7-13-8/h8-9,13H,2-7H2,1H3,(H,14,16)(H,17,18). The molecule has 0 saturated carbocycles. The average molecular weight is 272 g/mol. The maximum absolute atomic E-state index is 11.9. The van der Waals surface area contributed by atoms with Crippen molar-refractivity contribution < 1.29 is 24.2 Å². The lowest BCUT2D eigenvalue weighted by Gasteiger charge is -2.24. The van der Waals surface area contributed by atoms with E-state index in [1.807, 2.05) is 0 Å². The molecule has 19 heavy (non-hydrogen) atoms. The molecular formula is C12H20N2O5. The number of ether oxygens (including phenoxy) is 1. The van der Waals surface area contributed by atoms with Crippen LogP contribution in [0.15, 0.2) is 0 Å². The second-order valence-corrected chi connectivity index (χ2v) is 4.52. The molecule has 0 aliphatic carbocycles. The molecule has 0 bridgehead atoms. The highest BCUT2D eigenvalue weighted by Gasteiger charge is 2.26. The van der Waals surface area contributed by atoms with Crippen molar-refractivity contribution in [2.24, 2.45) is 0 Å². The molecule has 7 nitrogen and oxygen atoms in total. The highest BCUT2D eigenvalue weighted by Crippen LogP contribution is 2.08. The molecule has 0 aromatic heterocycles. The van der Waals surface area contributed by atoms with E-state index in [-0.39, 0.29) is 24.8 Å². The number of methoxy groups -OCH3 is 1. The van der Waals surface area contributed by atoms with E-state index in [0.717, 1.165) is 19.4 Å². The van der Waals surface area contributed by atoms with Crippen LogP contribution in [-0.4, -0.2) is 48.7 Å². The molecule has 2 unspecified atom stereocenters. The quantitative estimate of drug-likeness (QED) is 0.571. The second-order valence-electron chi connectivity index (χ2n) is 4.52. The van der Waals surface area contributed by atoms with Crippen molar-refractivity contribution in [2.45, 2.75) is 44.2 Å². The van der Waals surface area contributed by atoms with Gasteiger partial charge in [-0.3, -0.25) is 9.59 Å². The van der Waals surface area contributed by atoms with Crippen molar-refractivity contribution in [1.82, 2.24) is 10.6 Å². The van der Waals surface area contributed by atoms with E-state index in [9.17, 15) is 14.4 Å². The Morgan fingerprint density at radius 3 is 2.68 bits per heavy atom. The van der Waals surface area contributed by atoms with Crippen LogP contribution in [0, 0.1) is 0 Å². The number of esters is 1. The van der Waals surface area contributed by atoms with Gasteiger partial charge in [0.15, 0.2) is 0 Å². The fourth-order valence-electron chi connectivity index (χ4n) is 1.97. The van der Waals surface area contributed by atoms with Crippen molar-refractivity contribution in [1.29, 1.82) is 0 Å². The Hall–Kier alpha value is -1.63. The Kier molecular flexibility index (Phi) is 6.27. The van der Waals surface area contributed by atoms with Crippen LogP contribution in [0.4, 0.5) is 0 Å². The Balaban J connectivity index is 2.45. The third kappa shape index (κ3) is 5.25. The highest BCUT2D eigenvalue weighted by atomic mass is 16.5. The van der Waals surface area contributed by atoms with Crippen LogP contribution in [0.2, 0.25) is 0 Å². The summed E-state index contributed by atoms with van der Waals surface area (Å²) in [7, 11) is 1.24. The van der Waals surface area contributed by atoms with Crippen LogP contribution in [0.5, 0.6) is 0 Å². The Bertz CT molecular complexity index is 339. The number of carbonyl (C=O) groups is 3. The van der Waals surface area contributed by atoms with E-state index in [4.69, 9.17) is 5.11 Å². The highest BCUT2D eigenvalue weighted by molar-refractivity contribution is 5.87. The molecule has 2 atom stereocenters. The van der Waals surface area contributed by atoms with Gasteiger partial charge in [0.25, 0.3) is 0 Å². The first-order valence-corrected chi connectivity index (χ1v) is 6.38. The predicted octanol–water partition coefficient (Wildman–Crippen LogP) is -0.349. The molecule has 1 heterocycles. The van der Waals surface area contributed by atoms with Crippen molar-refractivity contribution in [3.05, 3.63) is 0 Å². The van der Waals surface area contributed by atoms with Gasteiger partial charge in [-0.25, -0.2) is 4.79 Å². The van der Waals surface area contributed by atoms with E-state index in [2.05, 4.69) is 15.4 Å². The van der Waals surface area contributed by atoms with Crippen molar-refractivity contribution in [2.75, 3.05) is 13.7 Å². The summed E-state index contributed by atoms with van der Waals surface area (Å²) in [6.45, 7) is 0.762. The van der Waals surface area contributed by atoms with Gasteiger partial charge in [0.1, 0.15) is 6.04 Å². The maximum atomic E-state index is 11.9. The number of hydrogen-bond acceptors (Lipinski definition) is 5. The molecule has 0 radical (unpaired) electrons. The van der Waals surface area contributed by atoms with Crippen LogP contribution in [-0.2, 0) is 19.1 Å². The molecule has 1 amide bonds. The molecule has 0 spiro atoms. The third-order valence-electron chi connectivity index (χ3n) is 3.11. The van der Waals surface area contributed by atoms with Crippen molar-refractivity contribution in [3.63, 3.8) is 0 Å². The number of aliphatic carboxylic acids is 1. The molecule has 7 heteroatoms. The summed E-state index contributed by atoms with van der Waals surface area (Å²) in [5.74, 6) is -1.96. The Morgan fingerprint density at radius 1 is 1.42 bits per heavy atom. The van der Waals surface area contributed by atoms with E-state index in [0.29, 0.717) is 6.42 Å². The first-order chi connectivity index (χ1) is 9.04. The average Bonchev–Trinajstić information content (AvgIpc) is 2.43. The Morgan fingerprint density at radius 2 is 2.16 bits per heavy atom. The molecule has 108 valence electrons. The van der Waals surface area contributed by atoms with Crippen LogP contribution < -0.4 is 10.6 Å². The fourth-order valence-corrected chi connectivity index (χ4v) is 1.97. The number of carbonyl (C=O) groups excluding carboxylic acids is 2. The summed E-state index contributed by atoms with van der Waals surface area (Å²) in [5.41, 5.74) is 0. The fraction of sp³-hybridized carbons (Fsp3) is 0.750. The summed E-state index contributed by atoms with van der Waals surface area (Å²) in [4.78, 5) is 33.9. The van der Waals surface area contributed by atoms with Gasteiger partial charge in [0.2, 0.25) is 5.91 Å². The molecule has 1 aliphatic rings. The SMILES string of the molecule is COC(=O)CCC(NC(=O)C1CCCCN1)C(=O)O. The molecular weight excluding hydrogens is 252 g/mol. The van der Waals surface area contributed by atoms with Gasteiger partial charge < -0.3 is 20.5 Å². The molecule has 0 aromatic rings. The summed E-state index contributed by atoms with van der Waals surface area (Å²) in [6.07, 6.45) is 2.67. The lowest BCUT2D eigenvalue weighted by Crippen LogP contribution is -2.51. The summed E-state index contributed by atoms with van der Waals surface area (Å²) >= 11 is 0. The zero-order chi connectivity index (χ0) is 14.3. The van der Waals surface area contributed by atoms with Gasteiger partial charge in [0, 0.05) is 6.42 Å².